The van der Waals surface area contributed by atoms with Gasteiger partial charge in [0.05, 0.1) is 18.4 Å². The molecule has 132 valence electrons. The van der Waals surface area contributed by atoms with Crippen molar-refractivity contribution in [1.29, 1.82) is 0 Å². The van der Waals surface area contributed by atoms with Gasteiger partial charge in [-0.15, -0.1) is 0 Å². The highest BCUT2D eigenvalue weighted by atomic mass is 16.5. The highest BCUT2D eigenvalue weighted by molar-refractivity contribution is 5.95. The van der Waals surface area contributed by atoms with Crippen LogP contribution in [0.15, 0.2) is 30.5 Å². The van der Waals surface area contributed by atoms with Crippen LogP contribution in [-0.2, 0) is 12.5 Å². The van der Waals surface area contributed by atoms with Gasteiger partial charge >= 0.3 is 0 Å². The van der Waals surface area contributed by atoms with Crippen molar-refractivity contribution in [3.63, 3.8) is 0 Å². The first kappa shape index (κ1) is 16.2. The number of aromatic nitrogens is 2. The van der Waals surface area contributed by atoms with Crippen molar-refractivity contribution < 1.29 is 9.53 Å². The van der Waals surface area contributed by atoms with Crippen LogP contribution in [0.1, 0.15) is 59.6 Å². The van der Waals surface area contributed by atoms with Gasteiger partial charge in [-0.1, -0.05) is 18.6 Å². The molecule has 1 N–H and O–H groups in total. The average Bonchev–Trinajstić information content (AvgIpc) is 3.36. The van der Waals surface area contributed by atoms with Crippen LogP contribution in [0, 0.1) is 0 Å². The predicted molar refractivity (Wildman–Crippen MR) is 96.0 cm³/mol. The van der Waals surface area contributed by atoms with E-state index in [4.69, 9.17) is 4.74 Å². The number of amides is 1. The van der Waals surface area contributed by atoms with Crippen LogP contribution >= 0.6 is 0 Å². The Kier molecular flexibility index (Phi) is 4.02. The molecule has 1 aromatic heterocycles. The quantitative estimate of drug-likeness (QED) is 0.879. The van der Waals surface area contributed by atoms with Gasteiger partial charge < -0.3 is 10.1 Å². The van der Waals surface area contributed by atoms with E-state index in [2.05, 4.69) is 22.5 Å². The molecule has 0 radical (unpaired) electrons. The summed E-state index contributed by atoms with van der Waals surface area (Å²) >= 11 is 0. The summed E-state index contributed by atoms with van der Waals surface area (Å²) in [6, 6.07) is 8.26. The lowest BCUT2D eigenvalue weighted by Gasteiger charge is -2.42. The topological polar surface area (TPSA) is 56.1 Å². The van der Waals surface area contributed by atoms with E-state index in [1.807, 2.05) is 25.4 Å². The van der Waals surface area contributed by atoms with E-state index in [1.165, 1.54) is 12.0 Å². The fourth-order valence-corrected chi connectivity index (χ4v) is 3.80. The first-order chi connectivity index (χ1) is 12.1. The van der Waals surface area contributed by atoms with Crippen molar-refractivity contribution in [2.75, 3.05) is 13.7 Å². The summed E-state index contributed by atoms with van der Waals surface area (Å²) in [6.45, 7) is 0.678. The average molecular weight is 339 g/mol. The predicted octanol–water partition coefficient (Wildman–Crippen LogP) is 3.16. The number of rotatable bonds is 6. The van der Waals surface area contributed by atoms with E-state index in [0.29, 0.717) is 12.5 Å². The first-order valence-corrected chi connectivity index (χ1v) is 9.07. The number of ether oxygens (including phenoxy) is 1. The molecule has 0 unspecified atom stereocenters. The molecule has 0 aliphatic heterocycles. The third-order valence-corrected chi connectivity index (χ3v) is 5.67. The largest absolute Gasteiger partial charge is 0.497 e. The van der Waals surface area contributed by atoms with Gasteiger partial charge in [-0.25, -0.2) is 0 Å². The number of hydrogen-bond donors (Lipinski definition) is 1. The summed E-state index contributed by atoms with van der Waals surface area (Å²) < 4.78 is 7.01. The van der Waals surface area contributed by atoms with Gasteiger partial charge in [0, 0.05) is 31.1 Å². The monoisotopic (exact) mass is 339 g/mol. The molecule has 4 rings (SSSR count). The number of hydrogen-bond acceptors (Lipinski definition) is 3. The Balaban J connectivity index is 1.48. The van der Waals surface area contributed by atoms with Crippen molar-refractivity contribution in [3.8, 4) is 5.75 Å². The van der Waals surface area contributed by atoms with Crippen molar-refractivity contribution in [1.82, 2.24) is 15.1 Å². The van der Waals surface area contributed by atoms with E-state index in [0.717, 1.165) is 42.7 Å². The lowest BCUT2D eigenvalue weighted by molar-refractivity contribution is 0.0926. The molecule has 5 nitrogen and oxygen atoms in total. The molecule has 0 saturated heterocycles. The standard InChI is InChI=1S/C20H25N3O2/c1-23-12-17(18(22-23)14-4-5-14)19(24)21-13-20(10-3-11-20)15-6-8-16(25-2)9-7-15/h6-9,12,14H,3-5,10-11,13H2,1-2H3,(H,21,24). The number of carbonyl (C=O) groups excluding carboxylic acids is 1. The van der Waals surface area contributed by atoms with Crippen molar-refractivity contribution in [2.24, 2.45) is 7.05 Å². The Morgan fingerprint density at radius 1 is 1.32 bits per heavy atom. The summed E-state index contributed by atoms with van der Waals surface area (Å²) in [5.74, 6) is 1.35. The Bertz CT molecular complexity index is 771. The van der Waals surface area contributed by atoms with Crippen LogP contribution in [0.2, 0.25) is 0 Å². The molecule has 1 amide bonds. The molecule has 1 heterocycles. The highest BCUT2D eigenvalue weighted by Gasteiger charge is 2.39. The van der Waals surface area contributed by atoms with Crippen molar-refractivity contribution in [2.45, 2.75) is 43.4 Å². The summed E-state index contributed by atoms with van der Waals surface area (Å²) in [5.41, 5.74) is 3.05. The third kappa shape index (κ3) is 3.03. The van der Waals surface area contributed by atoms with Gasteiger partial charge in [0.2, 0.25) is 0 Å². The first-order valence-electron chi connectivity index (χ1n) is 9.07. The molecule has 1 aromatic carbocycles. The lowest BCUT2D eigenvalue weighted by Crippen LogP contribution is -2.45. The number of nitrogens with zero attached hydrogens (tertiary/aromatic N) is 2. The zero-order chi connectivity index (χ0) is 17.4. The van der Waals surface area contributed by atoms with E-state index < -0.39 is 0 Å². The van der Waals surface area contributed by atoms with E-state index in [1.54, 1.807) is 11.8 Å². The number of aryl methyl sites for hydroxylation is 1. The van der Waals surface area contributed by atoms with Crippen LogP contribution in [-0.4, -0.2) is 29.3 Å². The number of benzene rings is 1. The molecule has 2 aromatic rings. The van der Waals surface area contributed by atoms with Crippen molar-refractivity contribution in [3.05, 3.63) is 47.3 Å². The molecule has 2 fully saturated rings. The van der Waals surface area contributed by atoms with Gasteiger partial charge in [-0.3, -0.25) is 9.48 Å². The SMILES string of the molecule is COc1ccc(C2(CNC(=O)c3cn(C)nc3C3CC3)CCC2)cc1. The number of methoxy groups -OCH3 is 1. The second-order valence-electron chi connectivity index (χ2n) is 7.42. The summed E-state index contributed by atoms with van der Waals surface area (Å²) in [5, 5.41) is 7.67. The van der Waals surface area contributed by atoms with Gasteiger partial charge in [-0.05, 0) is 43.4 Å². The normalized spacial score (nSPS) is 18.5. The van der Waals surface area contributed by atoms with Gasteiger partial charge in [-0.2, -0.15) is 5.10 Å². The molecule has 2 aliphatic carbocycles. The second kappa shape index (κ2) is 6.21. The fourth-order valence-electron chi connectivity index (χ4n) is 3.80. The van der Waals surface area contributed by atoms with E-state index in [9.17, 15) is 4.79 Å². The minimum Gasteiger partial charge on any atom is -0.497 e. The van der Waals surface area contributed by atoms with Crippen LogP contribution in [0.25, 0.3) is 0 Å². The molecular formula is C20H25N3O2. The number of nitrogens with one attached hydrogen (secondary N) is 1. The fraction of sp³-hybridized carbons (Fsp3) is 0.500. The van der Waals surface area contributed by atoms with E-state index >= 15 is 0 Å². The summed E-state index contributed by atoms with van der Waals surface area (Å²) in [4.78, 5) is 12.7. The Morgan fingerprint density at radius 2 is 2.04 bits per heavy atom. The summed E-state index contributed by atoms with van der Waals surface area (Å²) in [7, 11) is 3.56. The maximum Gasteiger partial charge on any atom is 0.254 e. The molecule has 0 atom stereocenters. The molecule has 2 saturated carbocycles. The molecule has 5 heteroatoms. The Hall–Kier alpha value is -2.30. The van der Waals surface area contributed by atoms with E-state index in [-0.39, 0.29) is 11.3 Å². The smallest absolute Gasteiger partial charge is 0.254 e. The third-order valence-electron chi connectivity index (χ3n) is 5.67. The molecule has 0 bridgehead atoms. The molecule has 2 aliphatic rings. The molecular weight excluding hydrogens is 314 g/mol. The van der Waals surface area contributed by atoms with Crippen LogP contribution in [0.5, 0.6) is 5.75 Å². The Labute approximate surface area is 148 Å². The minimum atomic E-state index is 0.00906. The zero-order valence-electron chi connectivity index (χ0n) is 14.9. The maximum absolute atomic E-state index is 12.7. The number of carbonyl (C=O) groups is 1. The highest BCUT2D eigenvalue weighted by Crippen LogP contribution is 2.44. The Morgan fingerprint density at radius 3 is 2.60 bits per heavy atom. The maximum atomic E-state index is 12.7. The van der Waals surface area contributed by atoms with Gasteiger partial charge in [0.25, 0.3) is 5.91 Å². The van der Waals surface area contributed by atoms with Crippen LogP contribution in [0.4, 0.5) is 0 Å². The second-order valence-corrected chi connectivity index (χ2v) is 7.42. The zero-order valence-corrected chi connectivity index (χ0v) is 14.9. The van der Waals surface area contributed by atoms with Gasteiger partial charge in [0.1, 0.15) is 5.75 Å². The van der Waals surface area contributed by atoms with Crippen molar-refractivity contribution >= 4 is 5.91 Å². The van der Waals surface area contributed by atoms with Crippen LogP contribution < -0.4 is 10.1 Å². The molecule has 25 heavy (non-hydrogen) atoms. The lowest BCUT2D eigenvalue weighted by atomic mass is 9.64. The summed E-state index contributed by atoms with van der Waals surface area (Å²) in [6.07, 6.45) is 7.58. The van der Waals surface area contributed by atoms with Gasteiger partial charge in [0.15, 0.2) is 0 Å². The van der Waals surface area contributed by atoms with Crippen LogP contribution in [0.3, 0.4) is 0 Å². The molecule has 0 spiro atoms. The minimum absolute atomic E-state index is 0.00906.